The van der Waals surface area contributed by atoms with E-state index < -0.39 is 0 Å². The molecule has 12 heavy (non-hydrogen) atoms. The minimum atomic E-state index is 0.464. The van der Waals surface area contributed by atoms with Gasteiger partial charge in [-0.05, 0) is 31.8 Å². The second kappa shape index (κ2) is 3.75. The van der Waals surface area contributed by atoms with Crippen LogP contribution in [0.25, 0.3) is 0 Å². The number of nitrogens with two attached hydrogens (primary N) is 1. The Morgan fingerprint density at radius 1 is 1.25 bits per heavy atom. The summed E-state index contributed by atoms with van der Waals surface area (Å²) in [5, 5.41) is 0. The summed E-state index contributed by atoms with van der Waals surface area (Å²) in [5.74, 6) is 1.06. The maximum atomic E-state index is 5.84. The van der Waals surface area contributed by atoms with Crippen molar-refractivity contribution in [3.8, 4) is 0 Å². The Balaban J connectivity index is 1.60. The lowest BCUT2D eigenvalue weighted by molar-refractivity contribution is 0.238. The average molecular weight is 168 g/mol. The Morgan fingerprint density at radius 3 is 2.58 bits per heavy atom. The first-order valence-corrected chi connectivity index (χ1v) is 5.32. The van der Waals surface area contributed by atoms with Gasteiger partial charge in [0.25, 0.3) is 0 Å². The predicted octanol–water partition coefficient (Wildman–Crippen LogP) is 1.21. The van der Waals surface area contributed by atoms with Crippen molar-refractivity contribution in [2.75, 3.05) is 19.6 Å². The Hall–Kier alpha value is -0.0800. The van der Waals surface area contributed by atoms with Crippen LogP contribution in [0.4, 0.5) is 0 Å². The number of likely N-dealkylation sites (tertiary alicyclic amines) is 1. The molecule has 1 saturated heterocycles. The highest BCUT2D eigenvalue weighted by Gasteiger charge is 2.22. The molecule has 1 heterocycles. The minimum Gasteiger partial charge on any atom is -0.326 e. The molecule has 2 nitrogen and oxygen atoms in total. The molecule has 2 rings (SSSR count). The largest absolute Gasteiger partial charge is 0.326 e. The highest BCUT2D eigenvalue weighted by atomic mass is 15.2. The molecule has 1 aliphatic carbocycles. The lowest BCUT2D eigenvalue weighted by atomic mass is 9.83. The van der Waals surface area contributed by atoms with E-state index in [4.69, 9.17) is 5.73 Å². The Kier molecular flexibility index (Phi) is 2.66. The third-order valence-corrected chi connectivity index (χ3v) is 3.39. The van der Waals surface area contributed by atoms with Gasteiger partial charge in [-0.3, -0.25) is 0 Å². The molecule has 2 aliphatic rings. The number of hydrogen-bond donors (Lipinski definition) is 1. The summed E-state index contributed by atoms with van der Waals surface area (Å²) in [5.41, 5.74) is 5.84. The standard InChI is InChI=1S/C10H20N2/c11-10-5-7-12(8-10)6-4-9-2-1-3-9/h9-10H,1-8,11H2/t10-/m1/s1. The van der Waals surface area contributed by atoms with Crippen LogP contribution in [0.2, 0.25) is 0 Å². The first-order valence-electron chi connectivity index (χ1n) is 5.32. The van der Waals surface area contributed by atoms with E-state index >= 15 is 0 Å². The van der Waals surface area contributed by atoms with Crippen molar-refractivity contribution in [2.24, 2.45) is 11.7 Å². The van der Waals surface area contributed by atoms with E-state index in [9.17, 15) is 0 Å². The van der Waals surface area contributed by atoms with Gasteiger partial charge in [0.2, 0.25) is 0 Å². The fourth-order valence-electron chi connectivity index (χ4n) is 2.21. The summed E-state index contributed by atoms with van der Waals surface area (Å²) in [6.45, 7) is 3.69. The van der Waals surface area contributed by atoms with E-state index in [1.54, 1.807) is 0 Å². The van der Waals surface area contributed by atoms with Crippen LogP contribution in [0.5, 0.6) is 0 Å². The van der Waals surface area contributed by atoms with Gasteiger partial charge in [-0.25, -0.2) is 0 Å². The Labute approximate surface area is 75.1 Å². The van der Waals surface area contributed by atoms with Crippen molar-refractivity contribution >= 4 is 0 Å². The van der Waals surface area contributed by atoms with Crippen LogP contribution in [-0.4, -0.2) is 30.6 Å². The van der Waals surface area contributed by atoms with Gasteiger partial charge in [0.1, 0.15) is 0 Å². The van der Waals surface area contributed by atoms with E-state index in [2.05, 4.69) is 4.90 Å². The van der Waals surface area contributed by atoms with Gasteiger partial charge in [-0.1, -0.05) is 19.3 Å². The van der Waals surface area contributed by atoms with Gasteiger partial charge >= 0.3 is 0 Å². The molecule has 2 heteroatoms. The molecular formula is C10H20N2. The van der Waals surface area contributed by atoms with Gasteiger partial charge in [-0.2, -0.15) is 0 Å². The zero-order chi connectivity index (χ0) is 8.39. The zero-order valence-corrected chi connectivity index (χ0v) is 7.84. The fourth-order valence-corrected chi connectivity index (χ4v) is 2.21. The van der Waals surface area contributed by atoms with Crippen molar-refractivity contribution < 1.29 is 0 Å². The van der Waals surface area contributed by atoms with E-state index in [1.165, 1.54) is 45.2 Å². The highest BCUT2D eigenvalue weighted by molar-refractivity contribution is 4.79. The first-order chi connectivity index (χ1) is 5.84. The third-order valence-electron chi connectivity index (χ3n) is 3.39. The molecule has 0 spiro atoms. The van der Waals surface area contributed by atoms with Crippen LogP contribution < -0.4 is 5.73 Å². The molecule has 2 N–H and O–H groups in total. The summed E-state index contributed by atoms with van der Waals surface area (Å²) in [4.78, 5) is 2.53. The predicted molar refractivity (Wildman–Crippen MR) is 51.0 cm³/mol. The van der Waals surface area contributed by atoms with Crippen molar-refractivity contribution in [1.82, 2.24) is 4.90 Å². The fraction of sp³-hybridized carbons (Fsp3) is 1.00. The molecule has 0 aromatic carbocycles. The molecule has 0 aromatic heterocycles. The smallest absolute Gasteiger partial charge is 0.0180 e. The van der Waals surface area contributed by atoms with Crippen LogP contribution in [-0.2, 0) is 0 Å². The molecule has 0 unspecified atom stereocenters. The van der Waals surface area contributed by atoms with Crippen LogP contribution in [0.1, 0.15) is 32.1 Å². The summed E-state index contributed by atoms with van der Waals surface area (Å²) >= 11 is 0. The van der Waals surface area contributed by atoms with E-state index in [0.717, 1.165) is 12.5 Å². The van der Waals surface area contributed by atoms with Gasteiger partial charge in [-0.15, -0.1) is 0 Å². The van der Waals surface area contributed by atoms with Gasteiger partial charge in [0, 0.05) is 12.6 Å². The number of rotatable bonds is 3. The normalized spacial score (nSPS) is 32.2. The molecule has 0 radical (unpaired) electrons. The third kappa shape index (κ3) is 1.99. The zero-order valence-electron chi connectivity index (χ0n) is 7.84. The van der Waals surface area contributed by atoms with Crippen molar-refractivity contribution in [2.45, 2.75) is 38.1 Å². The first kappa shape index (κ1) is 8.52. The highest BCUT2D eigenvalue weighted by Crippen LogP contribution is 2.29. The Morgan fingerprint density at radius 2 is 2.08 bits per heavy atom. The second-order valence-corrected chi connectivity index (χ2v) is 4.43. The van der Waals surface area contributed by atoms with Crippen LogP contribution in [0.3, 0.4) is 0 Å². The minimum absolute atomic E-state index is 0.464. The molecule has 0 bridgehead atoms. The SMILES string of the molecule is N[C@@H]1CCN(CCC2CCC2)C1. The van der Waals surface area contributed by atoms with Crippen molar-refractivity contribution in [3.63, 3.8) is 0 Å². The molecule has 0 amide bonds. The van der Waals surface area contributed by atoms with Crippen LogP contribution in [0, 0.1) is 5.92 Å². The second-order valence-electron chi connectivity index (χ2n) is 4.43. The van der Waals surface area contributed by atoms with Gasteiger partial charge in [0.15, 0.2) is 0 Å². The van der Waals surface area contributed by atoms with Crippen LogP contribution in [0.15, 0.2) is 0 Å². The lowest BCUT2D eigenvalue weighted by Crippen LogP contribution is -2.29. The summed E-state index contributed by atoms with van der Waals surface area (Å²) < 4.78 is 0. The number of hydrogen-bond acceptors (Lipinski definition) is 2. The molecule has 1 aliphatic heterocycles. The van der Waals surface area contributed by atoms with Crippen molar-refractivity contribution in [3.05, 3.63) is 0 Å². The average Bonchev–Trinajstić information content (AvgIpc) is 2.32. The maximum absolute atomic E-state index is 5.84. The molecule has 70 valence electrons. The quantitative estimate of drug-likeness (QED) is 0.686. The topological polar surface area (TPSA) is 29.3 Å². The molecule has 2 fully saturated rings. The number of nitrogens with zero attached hydrogens (tertiary/aromatic N) is 1. The van der Waals surface area contributed by atoms with E-state index in [1.807, 2.05) is 0 Å². The summed E-state index contributed by atoms with van der Waals surface area (Å²) in [6.07, 6.45) is 7.08. The summed E-state index contributed by atoms with van der Waals surface area (Å²) in [6, 6.07) is 0.464. The van der Waals surface area contributed by atoms with Gasteiger partial charge in [0.05, 0.1) is 0 Å². The van der Waals surface area contributed by atoms with Crippen molar-refractivity contribution in [1.29, 1.82) is 0 Å². The van der Waals surface area contributed by atoms with Gasteiger partial charge < -0.3 is 10.6 Å². The van der Waals surface area contributed by atoms with E-state index in [0.29, 0.717) is 6.04 Å². The summed E-state index contributed by atoms with van der Waals surface area (Å²) in [7, 11) is 0. The Bertz CT molecular complexity index is 143. The maximum Gasteiger partial charge on any atom is 0.0180 e. The lowest BCUT2D eigenvalue weighted by Gasteiger charge is -2.27. The van der Waals surface area contributed by atoms with Crippen LogP contribution >= 0.6 is 0 Å². The monoisotopic (exact) mass is 168 g/mol. The molecular weight excluding hydrogens is 148 g/mol. The molecule has 0 aromatic rings. The molecule has 1 saturated carbocycles. The molecule has 1 atom stereocenters. The van der Waals surface area contributed by atoms with E-state index in [-0.39, 0.29) is 0 Å².